The van der Waals surface area contributed by atoms with Crippen LogP contribution in [0.4, 0.5) is 18.9 Å². The molecular weight excluding hydrogens is 503 g/mol. The minimum Gasteiger partial charge on any atom is -0.365 e. The normalized spacial score (nSPS) is 12.7. The topological polar surface area (TPSA) is 103 Å². The highest BCUT2D eigenvalue weighted by molar-refractivity contribution is 7.21. The number of pyridine rings is 1. The highest BCUT2D eigenvalue weighted by Gasteiger charge is 2.35. The first kappa shape index (κ1) is 24.7. The number of nitrogens with zero attached hydrogens (tertiary/aromatic N) is 3. The van der Waals surface area contributed by atoms with Crippen molar-refractivity contribution < 1.29 is 22.8 Å². The van der Waals surface area contributed by atoms with Gasteiger partial charge in [0.2, 0.25) is 5.91 Å². The van der Waals surface area contributed by atoms with Gasteiger partial charge in [-0.3, -0.25) is 14.3 Å². The second-order valence-corrected chi connectivity index (χ2v) is 9.38. The molecule has 3 N–H and O–H groups in total. The van der Waals surface area contributed by atoms with Crippen molar-refractivity contribution in [3.63, 3.8) is 0 Å². The molecule has 7 nitrogen and oxygen atoms in total. The summed E-state index contributed by atoms with van der Waals surface area (Å²) in [5, 5.41) is 7.42. The zero-order chi connectivity index (χ0) is 25.7. The van der Waals surface area contributed by atoms with Crippen molar-refractivity contribution in [3.8, 4) is 11.1 Å². The first-order valence-electron chi connectivity index (χ1n) is 10.3. The van der Waals surface area contributed by atoms with Gasteiger partial charge in [-0.2, -0.15) is 18.3 Å². The summed E-state index contributed by atoms with van der Waals surface area (Å²) in [6.45, 7) is 5.09. The van der Waals surface area contributed by atoms with E-state index >= 15 is 0 Å². The lowest BCUT2D eigenvalue weighted by Gasteiger charge is -2.15. The van der Waals surface area contributed by atoms with Crippen molar-refractivity contribution in [2.24, 2.45) is 5.73 Å². The molecule has 0 spiro atoms. The molecule has 1 atom stereocenters. The number of rotatable bonds is 5. The largest absolute Gasteiger partial charge is 0.433 e. The lowest BCUT2D eigenvalue weighted by atomic mass is 10.00. The number of aromatic nitrogens is 3. The van der Waals surface area contributed by atoms with Gasteiger partial charge in [0.05, 0.1) is 16.4 Å². The summed E-state index contributed by atoms with van der Waals surface area (Å²) >= 11 is 6.73. The number of hydrogen-bond acceptors (Lipinski definition) is 5. The molecule has 182 valence electrons. The fourth-order valence-electron chi connectivity index (χ4n) is 3.50. The Hall–Kier alpha value is -3.44. The second-order valence-electron chi connectivity index (χ2n) is 7.98. The summed E-state index contributed by atoms with van der Waals surface area (Å²) in [6.07, 6.45) is -3.24. The number of aryl methyl sites for hydroxylation is 2. The molecule has 1 unspecified atom stereocenters. The third-order valence-corrected chi connectivity index (χ3v) is 6.89. The van der Waals surface area contributed by atoms with Crippen LogP contribution in [-0.2, 0) is 11.0 Å². The summed E-state index contributed by atoms with van der Waals surface area (Å²) < 4.78 is 42.3. The fraction of sp³-hybridized carbons (Fsp3) is 0.217. The molecule has 0 aliphatic rings. The van der Waals surface area contributed by atoms with Crippen LogP contribution >= 0.6 is 22.9 Å². The smallest absolute Gasteiger partial charge is 0.365 e. The molecule has 0 saturated heterocycles. The molecule has 0 aliphatic heterocycles. The minimum absolute atomic E-state index is 0.00104. The molecule has 0 saturated carbocycles. The van der Waals surface area contributed by atoms with Crippen molar-refractivity contribution >= 4 is 50.7 Å². The highest BCUT2D eigenvalue weighted by atomic mass is 35.5. The van der Waals surface area contributed by atoms with Crippen molar-refractivity contribution in [3.05, 3.63) is 63.4 Å². The third-order valence-electron chi connectivity index (χ3n) is 5.42. The van der Waals surface area contributed by atoms with E-state index in [0.717, 1.165) is 11.6 Å². The van der Waals surface area contributed by atoms with Crippen LogP contribution in [0.25, 0.3) is 21.3 Å². The average molecular weight is 522 g/mol. The van der Waals surface area contributed by atoms with E-state index in [9.17, 15) is 22.8 Å². The number of fused-ring (bicyclic) bond motifs is 1. The highest BCUT2D eigenvalue weighted by Crippen LogP contribution is 2.43. The Morgan fingerprint density at radius 1 is 1.20 bits per heavy atom. The van der Waals surface area contributed by atoms with E-state index in [2.05, 4.69) is 15.4 Å². The first-order valence-corrected chi connectivity index (χ1v) is 11.5. The maximum absolute atomic E-state index is 13.6. The van der Waals surface area contributed by atoms with Gasteiger partial charge in [-0.15, -0.1) is 11.3 Å². The third kappa shape index (κ3) is 4.73. The van der Waals surface area contributed by atoms with Crippen LogP contribution in [0.1, 0.15) is 39.6 Å². The van der Waals surface area contributed by atoms with Gasteiger partial charge < -0.3 is 11.1 Å². The predicted octanol–water partition coefficient (Wildman–Crippen LogP) is 5.75. The number of amides is 2. The van der Waals surface area contributed by atoms with E-state index in [4.69, 9.17) is 17.3 Å². The first-order chi connectivity index (χ1) is 16.4. The molecule has 3 heterocycles. The zero-order valence-electron chi connectivity index (χ0n) is 18.7. The minimum atomic E-state index is -4.72. The Labute approximate surface area is 206 Å². The van der Waals surface area contributed by atoms with Gasteiger partial charge in [0.25, 0.3) is 5.91 Å². The maximum atomic E-state index is 13.6. The Kier molecular flexibility index (Phi) is 6.32. The maximum Gasteiger partial charge on any atom is 0.433 e. The van der Waals surface area contributed by atoms with E-state index in [1.165, 1.54) is 10.9 Å². The van der Waals surface area contributed by atoms with Gasteiger partial charge in [-0.25, -0.2) is 4.98 Å². The fourth-order valence-corrected chi connectivity index (χ4v) is 4.65. The number of anilines is 1. The Bertz CT molecular complexity index is 1440. The van der Waals surface area contributed by atoms with Crippen molar-refractivity contribution in [1.29, 1.82) is 0 Å². The van der Waals surface area contributed by atoms with Gasteiger partial charge in [0, 0.05) is 11.6 Å². The Balaban J connectivity index is 1.91. The molecule has 0 fully saturated rings. The van der Waals surface area contributed by atoms with Crippen LogP contribution in [0.15, 0.2) is 36.5 Å². The number of carbonyl (C=O) groups is 2. The number of carbonyl (C=O) groups excluding carboxylic acids is 2. The Morgan fingerprint density at radius 3 is 2.40 bits per heavy atom. The summed E-state index contributed by atoms with van der Waals surface area (Å²) in [5.41, 5.74) is 6.47. The lowest BCUT2D eigenvalue weighted by molar-refractivity contribution is -0.140. The van der Waals surface area contributed by atoms with Gasteiger partial charge in [0.15, 0.2) is 0 Å². The number of benzene rings is 1. The summed E-state index contributed by atoms with van der Waals surface area (Å²) in [6, 6.07) is 6.88. The molecule has 4 aromatic rings. The van der Waals surface area contributed by atoms with Crippen molar-refractivity contribution in [2.75, 3.05) is 5.32 Å². The molecule has 2 amide bonds. The average Bonchev–Trinajstić information content (AvgIpc) is 3.32. The van der Waals surface area contributed by atoms with Gasteiger partial charge in [-0.1, -0.05) is 41.4 Å². The van der Waals surface area contributed by atoms with E-state index < -0.39 is 29.7 Å². The van der Waals surface area contributed by atoms with E-state index in [-0.39, 0.29) is 26.3 Å². The van der Waals surface area contributed by atoms with Crippen LogP contribution in [-0.4, -0.2) is 26.6 Å². The van der Waals surface area contributed by atoms with Crippen LogP contribution in [0, 0.1) is 13.8 Å². The van der Waals surface area contributed by atoms with Crippen LogP contribution in [0.5, 0.6) is 0 Å². The molecule has 35 heavy (non-hydrogen) atoms. The van der Waals surface area contributed by atoms with Crippen LogP contribution < -0.4 is 11.1 Å². The van der Waals surface area contributed by atoms with E-state index in [1.807, 2.05) is 6.92 Å². The molecular formula is C23H19ClF3N5O2S. The van der Waals surface area contributed by atoms with E-state index in [0.29, 0.717) is 27.6 Å². The van der Waals surface area contributed by atoms with Crippen molar-refractivity contribution in [2.45, 2.75) is 33.0 Å². The molecule has 1 aromatic carbocycles. The molecule has 0 radical (unpaired) electrons. The number of alkyl halides is 3. The Morgan fingerprint density at radius 2 is 1.86 bits per heavy atom. The summed E-state index contributed by atoms with van der Waals surface area (Å²) in [7, 11) is 0. The second kappa shape index (κ2) is 8.97. The number of nitrogens with two attached hydrogens (primary N) is 1. The summed E-state index contributed by atoms with van der Waals surface area (Å²) in [4.78, 5) is 28.9. The van der Waals surface area contributed by atoms with Gasteiger partial charge in [-0.05, 0) is 38.0 Å². The number of halogens is 4. The molecule has 0 aliphatic carbocycles. The predicted molar refractivity (Wildman–Crippen MR) is 129 cm³/mol. The van der Waals surface area contributed by atoms with Gasteiger partial charge >= 0.3 is 6.18 Å². The quantitative estimate of drug-likeness (QED) is 0.349. The SMILES string of the molecule is Cc1ccc(-c2cc(C(F)(F)F)nc3sc(C(N)=O)c(NC(=O)C(C)n4cc(Cl)c(C)n4)c23)cc1. The number of hydrogen-bond donors (Lipinski definition) is 2. The number of nitrogens with one attached hydrogen (secondary N) is 1. The number of thiophene rings is 1. The van der Waals surface area contributed by atoms with Crippen LogP contribution in [0.2, 0.25) is 5.02 Å². The standard InChI is InChI=1S/C23H19ClF3N5O2S/c1-10-4-6-13(7-5-10)14-8-16(23(25,26)27)29-22-17(14)18(19(35-22)20(28)33)30-21(34)12(3)32-9-15(24)11(2)31-32/h4-9,12H,1-3H3,(H2,28,33)(H,30,34). The van der Waals surface area contributed by atoms with Gasteiger partial charge in [0.1, 0.15) is 21.4 Å². The summed E-state index contributed by atoms with van der Waals surface area (Å²) in [5.74, 6) is -1.47. The van der Waals surface area contributed by atoms with E-state index in [1.54, 1.807) is 38.1 Å². The molecule has 12 heteroatoms. The van der Waals surface area contributed by atoms with Crippen LogP contribution in [0.3, 0.4) is 0 Å². The monoisotopic (exact) mass is 521 g/mol. The van der Waals surface area contributed by atoms with Crippen molar-refractivity contribution in [1.82, 2.24) is 14.8 Å². The zero-order valence-corrected chi connectivity index (χ0v) is 20.3. The number of primary amides is 1. The molecule has 3 aromatic heterocycles. The molecule has 0 bridgehead atoms. The molecule has 4 rings (SSSR count). The lowest BCUT2D eigenvalue weighted by Crippen LogP contribution is -2.25.